The summed E-state index contributed by atoms with van der Waals surface area (Å²) in [6.45, 7) is 5.47. The molecule has 0 amide bonds. The SMILES string of the molecule is C=C(O)c1c(C)nc2ccc(Br)cc2c1-c1ccc(F)cc1. The van der Waals surface area contributed by atoms with E-state index >= 15 is 0 Å². The summed E-state index contributed by atoms with van der Waals surface area (Å²) < 4.78 is 14.1. The predicted octanol–water partition coefficient (Wildman–Crippen LogP) is 5.64. The molecule has 4 heteroatoms. The highest BCUT2D eigenvalue weighted by molar-refractivity contribution is 9.10. The largest absolute Gasteiger partial charge is 0.508 e. The van der Waals surface area contributed by atoms with Crippen LogP contribution in [0.15, 0.2) is 53.5 Å². The van der Waals surface area contributed by atoms with Crippen LogP contribution in [0.5, 0.6) is 0 Å². The number of rotatable bonds is 2. The Morgan fingerprint density at radius 2 is 1.86 bits per heavy atom. The second-order valence-corrected chi connectivity index (χ2v) is 5.98. The average molecular weight is 358 g/mol. The van der Waals surface area contributed by atoms with Crippen molar-refractivity contribution in [3.8, 4) is 11.1 Å². The van der Waals surface area contributed by atoms with E-state index in [1.54, 1.807) is 12.1 Å². The molecule has 0 bridgehead atoms. The predicted molar refractivity (Wildman–Crippen MR) is 91.2 cm³/mol. The number of pyridine rings is 1. The van der Waals surface area contributed by atoms with E-state index in [1.807, 2.05) is 25.1 Å². The van der Waals surface area contributed by atoms with Crippen LogP contribution in [0, 0.1) is 12.7 Å². The van der Waals surface area contributed by atoms with Crippen LogP contribution in [-0.2, 0) is 0 Å². The van der Waals surface area contributed by atoms with Gasteiger partial charge in [-0.05, 0) is 42.8 Å². The van der Waals surface area contributed by atoms with Gasteiger partial charge in [-0.2, -0.15) is 0 Å². The Hall–Kier alpha value is -2.20. The van der Waals surface area contributed by atoms with Crippen molar-refractivity contribution in [1.82, 2.24) is 4.98 Å². The van der Waals surface area contributed by atoms with Crippen LogP contribution in [0.25, 0.3) is 27.8 Å². The molecule has 0 aliphatic carbocycles. The molecule has 1 heterocycles. The van der Waals surface area contributed by atoms with Crippen molar-refractivity contribution < 1.29 is 9.50 Å². The summed E-state index contributed by atoms with van der Waals surface area (Å²) in [5.41, 5.74) is 3.68. The molecule has 1 N–H and O–H groups in total. The van der Waals surface area contributed by atoms with Gasteiger partial charge in [0.15, 0.2) is 0 Å². The Bertz CT molecular complexity index is 888. The zero-order valence-electron chi connectivity index (χ0n) is 11.9. The molecular weight excluding hydrogens is 345 g/mol. The lowest BCUT2D eigenvalue weighted by atomic mass is 9.93. The highest BCUT2D eigenvalue weighted by Crippen LogP contribution is 2.36. The first kappa shape index (κ1) is 14.7. The quantitative estimate of drug-likeness (QED) is 0.602. The summed E-state index contributed by atoms with van der Waals surface area (Å²) in [5, 5.41) is 10.9. The molecule has 0 saturated heterocycles. The van der Waals surface area contributed by atoms with Gasteiger partial charge in [0.25, 0.3) is 0 Å². The van der Waals surface area contributed by atoms with Crippen molar-refractivity contribution >= 4 is 32.6 Å². The van der Waals surface area contributed by atoms with E-state index in [1.165, 1.54) is 12.1 Å². The molecule has 1 aromatic heterocycles. The van der Waals surface area contributed by atoms with Gasteiger partial charge in [0.05, 0.1) is 5.52 Å². The van der Waals surface area contributed by atoms with Crippen molar-refractivity contribution in [3.05, 3.63) is 70.6 Å². The molecular formula is C18H13BrFNO. The van der Waals surface area contributed by atoms with Crippen LogP contribution in [0.3, 0.4) is 0 Å². The third-order valence-corrected chi connectivity index (χ3v) is 4.04. The van der Waals surface area contributed by atoms with Crippen LogP contribution in [0.1, 0.15) is 11.3 Å². The molecule has 0 radical (unpaired) electrons. The maximum Gasteiger partial charge on any atom is 0.123 e. The lowest BCUT2D eigenvalue weighted by Gasteiger charge is -2.15. The van der Waals surface area contributed by atoms with Crippen molar-refractivity contribution in [2.75, 3.05) is 0 Å². The minimum atomic E-state index is -0.301. The molecule has 0 fully saturated rings. The number of aryl methyl sites for hydroxylation is 1. The van der Waals surface area contributed by atoms with Gasteiger partial charge in [-0.3, -0.25) is 4.98 Å². The second-order valence-electron chi connectivity index (χ2n) is 5.06. The summed E-state index contributed by atoms with van der Waals surface area (Å²) >= 11 is 3.46. The van der Waals surface area contributed by atoms with E-state index in [-0.39, 0.29) is 11.6 Å². The first-order valence-electron chi connectivity index (χ1n) is 6.71. The molecule has 0 unspecified atom stereocenters. The van der Waals surface area contributed by atoms with Crippen LogP contribution in [-0.4, -0.2) is 10.1 Å². The fourth-order valence-electron chi connectivity index (χ4n) is 2.63. The zero-order chi connectivity index (χ0) is 15.9. The molecule has 0 spiro atoms. The van der Waals surface area contributed by atoms with Crippen LogP contribution < -0.4 is 0 Å². The Kier molecular flexibility index (Phi) is 3.71. The van der Waals surface area contributed by atoms with Crippen molar-refractivity contribution in [2.24, 2.45) is 0 Å². The van der Waals surface area contributed by atoms with Crippen molar-refractivity contribution in [2.45, 2.75) is 6.92 Å². The summed E-state index contributed by atoms with van der Waals surface area (Å²) in [6.07, 6.45) is 0. The fraction of sp³-hybridized carbons (Fsp3) is 0.0556. The Morgan fingerprint density at radius 3 is 2.50 bits per heavy atom. The molecule has 2 nitrogen and oxygen atoms in total. The molecule has 3 aromatic rings. The van der Waals surface area contributed by atoms with Gasteiger partial charge in [0.2, 0.25) is 0 Å². The Balaban J connectivity index is 2.47. The molecule has 0 atom stereocenters. The van der Waals surface area contributed by atoms with Gasteiger partial charge in [-0.25, -0.2) is 4.39 Å². The standard InChI is InChI=1S/C18H13BrFNO/c1-10-17(11(2)22)18(12-3-6-14(20)7-4-12)15-9-13(19)5-8-16(15)21-10/h3-9,22H,2H2,1H3. The van der Waals surface area contributed by atoms with Gasteiger partial charge in [-0.15, -0.1) is 0 Å². The van der Waals surface area contributed by atoms with Gasteiger partial charge < -0.3 is 5.11 Å². The first-order valence-corrected chi connectivity index (χ1v) is 7.50. The average Bonchev–Trinajstić information content (AvgIpc) is 2.47. The third-order valence-electron chi connectivity index (χ3n) is 3.55. The minimum Gasteiger partial charge on any atom is -0.508 e. The molecule has 0 aliphatic rings. The normalized spacial score (nSPS) is 10.9. The number of nitrogens with zero attached hydrogens (tertiary/aromatic N) is 1. The van der Waals surface area contributed by atoms with Crippen LogP contribution >= 0.6 is 15.9 Å². The highest BCUT2D eigenvalue weighted by Gasteiger charge is 2.16. The summed E-state index contributed by atoms with van der Waals surface area (Å²) in [4.78, 5) is 4.53. The maximum absolute atomic E-state index is 13.2. The van der Waals surface area contributed by atoms with E-state index in [0.29, 0.717) is 11.3 Å². The summed E-state index contributed by atoms with van der Waals surface area (Å²) in [6, 6.07) is 11.9. The third kappa shape index (κ3) is 2.50. The summed E-state index contributed by atoms with van der Waals surface area (Å²) in [5.74, 6) is -0.351. The molecule has 22 heavy (non-hydrogen) atoms. The van der Waals surface area contributed by atoms with Gasteiger partial charge in [0.1, 0.15) is 11.6 Å². The monoisotopic (exact) mass is 357 g/mol. The number of aliphatic hydroxyl groups excluding tert-OH is 1. The van der Waals surface area contributed by atoms with Gasteiger partial charge >= 0.3 is 0 Å². The number of halogens is 2. The highest BCUT2D eigenvalue weighted by atomic mass is 79.9. The topological polar surface area (TPSA) is 33.1 Å². The smallest absolute Gasteiger partial charge is 0.123 e. The summed E-state index contributed by atoms with van der Waals surface area (Å²) in [7, 11) is 0. The molecule has 3 rings (SSSR count). The number of aliphatic hydroxyl groups is 1. The van der Waals surface area contributed by atoms with E-state index in [4.69, 9.17) is 0 Å². The minimum absolute atomic E-state index is 0.0498. The van der Waals surface area contributed by atoms with E-state index in [9.17, 15) is 9.50 Å². The molecule has 0 saturated carbocycles. The lowest BCUT2D eigenvalue weighted by molar-refractivity contribution is 0.513. The zero-order valence-corrected chi connectivity index (χ0v) is 13.5. The van der Waals surface area contributed by atoms with Crippen LogP contribution in [0.2, 0.25) is 0 Å². The number of benzene rings is 2. The van der Waals surface area contributed by atoms with E-state index in [0.717, 1.165) is 26.5 Å². The molecule has 2 aromatic carbocycles. The Labute approximate surface area is 136 Å². The van der Waals surface area contributed by atoms with Crippen molar-refractivity contribution in [1.29, 1.82) is 0 Å². The van der Waals surface area contributed by atoms with Crippen molar-refractivity contribution in [3.63, 3.8) is 0 Å². The lowest BCUT2D eigenvalue weighted by Crippen LogP contribution is -1.98. The molecule has 0 aliphatic heterocycles. The second kappa shape index (κ2) is 5.54. The first-order chi connectivity index (χ1) is 10.5. The number of hydrogen-bond acceptors (Lipinski definition) is 2. The number of hydrogen-bond donors (Lipinski definition) is 1. The fourth-order valence-corrected chi connectivity index (χ4v) is 2.99. The number of fused-ring (bicyclic) bond motifs is 1. The Morgan fingerprint density at radius 1 is 1.18 bits per heavy atom. The van der Waals surface area contributed by atoms with E-state index < -0.39 is 0 Å². The van der Waals surface area contributed by atoms with Gasteiger partial charge in [-0.1, -0.05) is 34.6 Å². The number of aromatic nitrogens is 1. The van der Waals surface area contributed by atoms with Crippen LogP contribution in [0.4, 0.5) is 4.39 Å². The van der Waals surface area contributed by atoms with E-state index in [2.05, 4.69) is 27.5 Å². The molecule has 110 valence electrons. The maximum atomic E-state index is 13.2. The van der Waals surface area contributed by atoms with Gasteiger partial charge in [0, 0.05) is 26.7 Å².